The van der Waals surface area contributed by atoms with E-state index in [2.05, 4.69) is 0 Å². The fourth-order valence-corrected chi connectivity index (χ4v) is 1.32. The first-order valence-corrected chi connectivity index (χ1v) is 4.09. The van der Waals surface area contributed by atoms with Crippen molar-refractivity contribution >= 4 is 5.97 Å². The van der Waals surface area contributed by atoms with Crippen molar-refractivity contribution in [2.24, 2.45) is 0 Å². The van der Waals surface area contributed by atoms with Gasteiger partial charge >= 0.3 is 5.97 Å². The lowest BCUT2D eigenvalue weighted by Crippen LogP contribution is -2.04. The molecule has 0 unspecified atom stereocenters. The van der Waals surface area contributed by atoms with Crippen LogP contribution in [0.25, 0.3) is 0 Å². The number of halogens is 1. The third-order valence-electron chi connectivity index (χ3n) is 1.81. The number of carboxylic acids is 1. The summed E-state index contributed by atoms with van der Waals surface area (Å²) in [4.78, 5) is 10.5. The van der Waals surface area contributed by atoms with E-state index in [1.807, 2.05) is 0 Å². The van der Waals surface area contributed by atoms with Crippen molar-refractivity contribution < 1.29 is 19.0 Å². The zero-order valence-electron chi connectivity index (χ0n) is 8.00. The smallest absolute Gasteiger partial charge is 0.307 e. The molecule has 1 aromatic rings. The number of benzene rings is 1. The molecule has 3 nitrogen and oxygen atoms in total. The fourth-order valence-electron chi connectivity index (χ4n) is 1.32. The van der Waals surface area contributed by atoms with Gasteiger partial charge in [0.15, 0.2) is 11.6 Å². The molecule has 1 rings (SSSR count). The summed E-state index contributed by atoms with van der Waals surface area (Å²) >= 11 is 0. The standard InChI is InChI=1S/C10H11FO3/c1-6-3-7(5-9(12)13)10(14-2)8(11)4-6/h3-4H,5H2,1-2H3,(H,12,13). The monoisotopic (exact) mass is 198 g/mol. The van der Waals surface area contributed by atoms with E-state index in [0.717, 1.165) is 0 Å². The summed E-state index contributed by atoms with van der Waals surface area (Å²) in [5.41, 5.74) is 1.04. The van der Waals surface area contributed by atoms with Gasteiger partial charge in [-0.2, -0.15) is 0 Å². The van der Waals surface area contributed by atoms with Gasteiger partial charge in [-0.3, -0.25) is 4.79 Å². The second kappa shape index (κ2) is 4.09. The lowest BCUT2D eigenvalue weighted by Gasteiger charge is -2.08. The van der Waals surface area contributed by atoms with Gasteiger partial charge in [0.05, 0.1) is 13.5 Å². The van der Waals surface area contributed by atoms with Gasteiger partial charge in [-0.15, -0.1) is 0 Å². The Morgan fingerprint density at radius 2 is 2.21 bits per heavy atom. The molecule has 0 heterocycles. The van der Waals surface area contributed by atoms with Crippen molar-refractivity contribution in [1.82, 2.24) is 0 Å². The molecule has 4 heteroatoms. The summed E-state index contributed by atoms with van der Waals surface area (Å²) in [6.07, 6.45) is -0.234. The average molecular weight is 198 g/mol. The van der Waals surface area contributed by atoms with Gasteiger partial charge in [-0.05, 0) is 18.6 Å². The Morgan fingerprint density at radius 1 is 1.57 bits per heavy atom. The van der Waals surface area contributed by atoms with E-state index in [1.54, 1.807) is 13.0 Å². The van der Waals surface area contributed by atoms with Gasteiger partial charge in [0.1, 0.15) is 0 Å². The molecular formula is C10H11FO3. The van der Waals surface area contributed by atoms with Crippen LogP contribution in [0.5, 0.6) is 5.75 Å². The second-order valence-corrected chi connectivity index (χ2v) is 3.01. The lowest BCUT2D eigenvalue weighted by atomic mass is 10.1. The van der Waals surface area contributed by atoms with Crippen molar-refractivity contribution in [2.45, 2.75) is 13.3 Å². The number of hydrogen-bond acceptors (Lipinski definition) is 2. The Balaban J connectivity index is 3.17. The van der Waals surface area contributed by atoms with Crippen LogP contribution >= 0.6 is 0 Å². The summed E-state index contributed by atoms with van der Waals surface area (Å²) in [5.74, 6) is -1.52. The zero-order valence-corrected chi connectivity index (χ0v) is 8.00. The Morgan fingerprint density at radius 3 is 2.71 bits per heavy atom. The van der Waals surface area contributed by atoms with Crippen LogP contribution in [0, 0.1) is 12.7 Å². The second-order valence-electron chi connectivity index (χ2n) is 3.01. The van der Waals surface area contributed by atoms with Crippen LogP contribution in [0.4, 0.5) is 4.39 Å². The summed E-state index contributed by atoms with van der Waals surface area (Å²) in [6, 6.07) is 2.92. The molecule has 0 amide bonds. The van der Waals surface area contributed by atoms with Crippen molar-refractivity contribution in [1.29, 1.82) is 0 Å². The van der Waals surface area contributed by atoms with E-state index in [1.165, 1.54) is 13.2 Å². The lowest BCUT2D eigenvalue weighted by molar-refractivity contribution is -0.136. The van der Waals surface area contributed by atoms with E-state index >= 15 is 0 Å². The molecule has 0 bridgehead atoms. The molecule has 0 aliphatic carbocycles. The Labute approximate surface area is 81.1 Å². The van der Waals surface area contributed by atoms with E-state index in [4.69, 9.17) is 9.84 Å². The minimum absolute atomic E-state index is 0.0120. The summed E-state index contributed by atoms with van der Waals surface area (Å²) in [7, 11) is 1.32. The largest absolute Gasteiger partial charge is 0.493 e. The highest BCUT2D eigenvalue weighted by molar-refractivity contribution is 5.71. The highest BCUT2D eigenvalue weighted by Crippen LogP contribution is 2.24. The Hall–Kier alpha value is -1.58. The van der Waals surface area contributed by atoms with E-state index in [9.17, 15) is 9.18 Å². The highest BCUT2D eigenvalue weighted by Gasteiger charge is 2.12. The van der Waals surface area contributed by atoms with Crippen LogP contribution in [-0.2, 0) is 11.2 Å². The number of carboxylic acid groups (broad SMARTS) is 1. The van der Waals surface area contributed by atoms with Crippen LogP contribution in [0.1, 0.15) is 11.1 Å². The number of aryl methyl sites for hydroxylation is 1. The SMILES string of the molecule is COc1c(F)cc(C)cc1CC(=O)O. The predicted molar refractivity (Wildman–Crippen MR) is 49.0 cm³/mol. The first-order valence-electron chi connectivity index (χ1n) is 4.09. The van der Waals surface area contributed by atoms with Gasteiger partial charge in [0.25, 0.3) is 0 Å². The summed E-state index contributed by atoms with van der Waals surface area (Å²) < 4.78 is 18.0. The number of rotatable bonds is 3. The van der Waals surface area contributed by atoms with Gasteiger partial charge in [0.2, 0.25) is 0 Å². The van der Waals surface area contributed by atoms with Crippen molar-refractivity contribution in [3.8, 4) is 5.75 Å². The first-order chi connectivity index (χ1) is 6.54. The zero-order chi connectivity index (χ0) is 10.7. The molecular weight excluding hydrogens is 187 g/mol. The van der Waals surface area contributed by atoms with Crippen molar-refractivity contribution in [2.75, 3.05) is 7.11 Å². The minimum atomic E-state index is -1.01. The maximum Gasteiger partial charge on any atom is 0.307 e. The molecule has 1 aromatic carbocycles. The molecule has 0 fully saturated rings. The molecule has 0 aliphatic heterocycles. The number of methoxy groups -OCH3 is 1. The molecule has 0 spiro atoms. The van der Waals surface area contributed by atoms with Crippen molar-refractivity contribution in [3.63, 3.8) is 0 Å². The Bertz CT molecular complexity index is 361. The molecule has 0 radical (unpaired) electrons. The molecule has 0 aliphatic rings. The topological polar surface area (TPSA) is 46.5 Å². The van der Waals surface area contributed by atoms with Crippen LogP contribution < -0.4 is 4.74 Å². The molecule has 0 aromatic heterocycles. The quantitative estimate of drug-likeness (QED) is 0.805. The van der Waals surface area contributed by atoms with Crippen molar-refractivity contribution in [3.05, 3.63) is 29.1 Å². The molecule has 76 valence electrons. The van der Waals surface area contributed by atoms with Gasteiger partial charge in [0, 0.05) is 5.56 Å². The van der Waals surface area contributed by atoms with Gasteiger partial charge in [-0.25, -0.2) is 4.39 Å². The van der Waals surface area contributed by atoms with Crippen LogP contribution in [0.3, 0.4) is 0 Å². The van der Waals surface area contributed by atoms with Gasteiger partial charge in [-0.1, -0.05) is 6.07 Å². The third-order valence-corrected chi connectivity index (χ3v) is 1.81. The number of ether oxygens (including phenoxy) is 1. The van der Waals surface area contributed by atoms with E-state index in [0.29, 0.717) is 11.1 Å². The predicted octanol–water partition coefficient (Wildman–Crippen LogP) is 1.77. The third kappa shape index (κ3) is 2.22. The van der Waals surface area contributed by atoms with Gasteiger partial charge < -0.3 is 9.84 Å². The maximum atomic E-state index is 13.2. The van der Waals surface area contributed by atoms with Crippen LogP contribution in [0.2, 0.25) is 0 Å². The summed E-state index contributed by atoms with van der Waals surface area (Å²) in [5, 5.41) is 8.59. The minimum Gasteiger partial charge on any atom is -0.493 e. The first kappa shape index (κ1) is 10.5. The average Bonchev–Trinajstić information content (AvgIpc) is 2.01. The molecule has 0 saturated heterocycles. The summed E-state index contributed by atoms with van der Waals surface area (Å²) in [6.45, 7) is 1.70. The number of carbonyl (C=O) groups is 1. The van der Waals surface area contributed by atoms with E-state index < -0.39 is 11.8 Å². The number of aliphatic carboxylic acids is 1. The van der Waals surface area contributed by atoms with Crippen LogP contribution in [-0.4, -0.2) is 18.2 Å². The van der Waals surface area contributed by atoms with E-state index in [-0.39, 0.29) is 12.2 Å². The fraction of sp³-hybridized carbons (Fsp3) is 0.300. The van der Waals surface area contributed by atoms with Crippen LogP contribution in [0.15, 0.2) is 12.1 Å². The maximum absolute atomic E-state index is 13.2. The number of hydrogen-bond donors (Lipinski definition) is 1. The normalized spacial score (nSPS) is 9.93. The molecule has 0 atom stereocenters. The molecule has 0 saturated carbocycles. The molecule has 14 heavy (non-hydrogen) atoms. The Kier molecular flexibility index (Phi) is 3.06. The highest BCUT2D eigenvalue weighted by atomic mass is 19.1. The molecule has 1 N–H and O–H groups in total.